The molecule has 14 heteroatoms. The van der Waals surface area contributed by atoms with E-state index in [1.54, 1.807) is 7.05 Å². The van der Waals surface area contributed by atoms with Crippen LogP contribution in [0, 0.1) is 13.8 Å². The number of urea groups is 1. The summed E-state index contributed by atoms with van der Waals surface area (Å²) in [6.45, 7) is 7.92. The van der Waals surface area contributed by atoms with E-state index in [1.807, 2.05) is 32.0 Å². The number of carbonyl (C=O) groups excluding carboxylic acids is 2. The zero-order valence-corrected chi connectivity index (χ0v) is 37.7. The summed E-state index contributed by atoms with van der Waals surface area (Å²) in [6, 6.07) is 7.70. The van der Waals surface area contributed by atoms with Gasteiger partial charge in [-0.1, -0.05) is 12.1 Å². The number of aryl methyl sites for hydroxylation is 2. The van der Waals surface area contributed by atoms with Crippen LogP contribution in [0.2, 0.25) is 0 Å². The van der Waals surface area contributed by atoms with Gasteiger partial charge in [0.15, 0.2) is 0 Å². The Morgan fingerprint density at radius 2 is 1.36 bits per heavy atom. The summed E-state index contributed by atoms with van der Waals surface area (Å²) in [4.78, 5) is 23.2. The normalized spacial score (nSPS) is 19.2. The minimum absolute atomic E-state index is 0. The second-order valence-electron chi connectivity index (χ2n) is 10.2. The van der Waals surface area contributed by atoms with Crippen LogP contribution in [0.4, 0.5) is 16.2 Å². The van der Waals surface area contributed by atoms with Crippen molar-refractivity contribution in [2.75, 3.05) is 25.1 Å². The molecule has 2 aliphatic rings. The minimum atomic E-state index is -0.681. The third kappa shape index (κ3) is 16.1. The molecule has 4 rings (SSSR count). The number of amides is 2. The van der Waals surface area contributed by atoms with Gasteiger partial charge < -0.3 is 26.6 Å². The van der Waals surface area contributed by atoms with Crippen molar-refractivity contribution in [2.45, 2.75) is 77.4 Å². The number of nitrogen functional groups attached to an aromatic ring is 1. The molecular formula is C28H41I6N4O4-. The maximum absolute atomic E-state index is 11.4. The van der Waals surface area contributed by atoms with E-state index in [-0.39, 0.29) is 30.0 Å². The molecule has 2 aromatic rings. The second-order valence-corrected chi connectivity index (χ2v) is 26.5. The number of hydrogen-bond acceptors (Lipinski definition) is 6. The molecule has 0 fully saturated rings. The second kappa shape index (κ2) is 23.5. The molecule has 0 bridgehead atoms. The van der Waals surface area contributed by atoms with E-state index in [4.69, 9.17) is 10.5 Å². The fraction of sp³-hybridized carbons (Fsp3) is 0.500. The molecule has 8 nitrogen and oxygen atoms in total. The first-order chi connectivity index (χ1) is 19.2. The van der Waals surface area contributed by atoms with Gasteiger partial charge in [-0.25, -0.2) is 14.6 Å². The van der Waals surface area contributed by atoms with E-state index < -0.39 is 11.2 Å². The van der Waals surface area contributed by atoms with Crippen molar-refractivity contribution in [1.82, 2.24) is 5.32 Å². The van der Waals surface area contributed by atoms with Crippen LogP contribution in [-0.2, 0) is 30.5 Å². The number of aliphatic imine (C=N–C) groups is 1. The third-order valence-electron chi connectivity index (χ3n) is 6.88. The number of fused-ring (bicyclic) bond motifs is 2. The molecule has 0 spiro atoms. The van der Waals surface area contributed by atoms with E-state index in [9.17, 15) is 15.0 Å². The number of rotatable bonds is 1. The van der Waals surface area contributed by atoms with Gasteiger partial charge in [0.2, 0.25) is 6.08 Å². The number of nitrogens with zero attached hydrogens (tertiary/aromatic N) is 1. The molecular weight excluding hydrogens is 1220 g/mol. The fourth-order valence-corrected chi connectivity index (χ4v) is 4.77. The topological polar surface area (TPSA) is 137 Å². The Labute approximate surface area is 320 Å². The Balaban J connectivity index is 0. The molecule has 0 heterocycles. The Kier molecular flexibility index (Phi) is 25.4. The van der Waals surface area contributed by atoms with Crippen LogP contribution in [0.5, 0.6) is 0 Å². The monoisotopic (exact) mass is 1260 g/mol. The Morgan fingerprint density at radius 1 is 0.952 bits per heavy atom. The number of aliphatic hydroxyl groups is 2. The van der Waals surface area contributed by atoms with Crippen molar-refractivity contribution in [3.05, 3.63) is 57.6 Å². The molecule has 6 N–H and O–H groups in total. The average molecular weight is 1260 g/mol. The summed E-state index contributed by atoms with van der Waals surface area (Å²) in [5.74, 6) is 0. The van der Waals surface area contributed by atoms with Crippen molar-refractivity contribution in [3.8, 4) is 0 Å². The maximum atomic E-state index is 11.4. The SMILES string of the molecule is CN=C=O.CNC(=O)Nc1ccc(C)c2c1CC(C)(O)CC2.Cc1ccc(N)c2c1CCC(C)(O)C2.I.II.I[I-]I. The van der Waals surface area contributed by atoms with Crippen LogP contribution in [0.25, 0.3) is 0 Å². The summed E-state index contributed by atoms with van der Waals surface area (Å²) < 4.78 is 0. The number of hydrogen-bond donors (Lipinski definition) is 5. The van der Waals surface area contributed by atoms with Crippen LogP contribution in [0.3, 0.4) is 0 Å². The third-order valence-corrected chi connectivity index (χ3v) is 6.88. The van der Waals surface area contributed by atoms with Crippen molar-refractivity contribution in [3.63, 3.8) is 0 Å². The molecule has 0 aliphatic heterocycles. The first kappa shape index (κ1) is 45.3. The average Bonchev–Trinajstić information content (AvgIpc) is 2.93. The quantitative estimate of drug-likeness (QED) is 0.120. The molecule has 2 unspecified atom stereocenters. The molecule has 0 saturated heterocycles. The van der Waals surface area contributed by atoms with Crippen LogP contribution in [-0.4, -0.2) is 47.6 Å². The fourth-order valence-electron chi connectivity index (χ4n) is 4.77. The molecule has 0 aromatic heterocycles. The summed E-state index contributed by atoms with van der Waals surface area (Å²) in [6.07, 6.45) is 5.99. The first-order valence-electron chi connectivity index (χ1n) is 12.6. The van der Waals surface area contributed by atoms with Gasteiger partial charge in [0.25, 0.3) is 0 Å². The summed E-state index contributed by atoms with van der Waals surface area (Å²) in [5, 5.41) is 25.5. The summed E-state index contributed by atoms with van der Waals surface area (Å²) in [5.41, 5.74) is 13.6. The van der Waals surface area contributed by atoms with Crippen molar-refractivity contribution < 1.29 is 33.1 Å². The van der Waals surface area contributed by atoms with Crippen LogP contribution in [0.15, 0.2) is 29.3 Å². The van der Waals surface area contributed by atoms with Crippen molar-refractivity contribution in [1.29, 1.82) is 0 Å². The molecule has 2 atom stereocenters. The molecule has 2 amide bonds. The standard InChI is InChI=1S/C14H20N2O2.C12H17NO.C2H3NO.I3.I2.HI/c1-9-4-5-12(16-13(17)15-3)11-8-14(2,18)7-6-10(9)11;1-8-3-4-11(13)10-7-12(2,14)6-5-9(8)10;1-3-2-4;1-3-2;1-2;/h4-5,18H,6-8H2,1-3H3,(H2,15,16,17);3-4,14H,5-7,13H2,1-2H3;1H3;;;1H/q;;;-1;;. The number of carbonyl (C=O) groups is 1. The van der Waals surface area contributed by atoms with Crippen LogP contribution in [0.1, 0.15) is 60.1 Å². The zero-order chi connectivity index (χ0) is 31.8. The number of nitrogens with one attached hydrogen (secondary N) is 2. The zero-order valence-electron chi connectivity index (χ0n) is 24.6. The van der Waals surface area contributed by atoms with E-state index in [1.165, 1.54) is 35.4 Å². The van der Waals surface area contributed by atoms with Crippen molar-refractivity contribution >= 4 is 122 Å². The van der Waals surface area contributed by atoms with Gasteiger partial charge in [-0.15, -0.1) is 24.0 Å². The number of anilines is 2. The number of isocyanates is 1. The molecule has 42 heavy (non-hydrogen) atoms. The Bertz CT molecular complexity index is 1180. The molecule has 240 valence electrons. The van der Waals surface area contributed by atoms with E-state index in [2.05, 4.69) is 110 Å². The van der Waals surface area contributed by atoms with Gasteiger partial charge in [-0.2, -0.15) is 0 Å². The Morgan fingerprint density at radius 3 is 1.79 bits per heavy atom. The van der Waals surface area contributed by atoms with E-state index >= 15 is 0 Å². The predicted octanol–water partition coefficient (Wildman–Crippen LogP) is 4.92. The molecule has 0 radical (unpaired) electrons. The van der Waals surface area contributed by atoms with Crippen molar-refractivity contribution in [2.24, 2.45) is 4.99 Å². The van der Waals surface area contributed by atoms with Crippen LogP contribution >= 0.6 is 98.4 Å². The predicted molar refractivity (Wildman–Crippen MR) is 216 cm³/mol. The van der Waals surface area contributed by atoms with Gasteiger partial charge in [-0.3, -0.25) is 0 Å². The van der Waals surface area contributed by atoms with Gasteiger partial charge in [-0.05, 0) is 98.9 Å². The van der Waals surface area contributed by atoms with Gasteiger partial charge in [0.05, 0.1) is 11.2 Å². The van der Waals surface area contributed by atoms with Gasteiger partial charge >= 0.3 is 56.5 Å². The van der Waals surface area contributed by atoms with E-state index in [0.717, 1.165) is 48.2 Å². The van der Waals surface area contributed by atoms with E-state index in [0.29, 0.717) is 26.1 Å². The number of benzene rings is 2. The molecule has 2 aromatic carbocycles. The van der Waals surface area contributed by atoms with Gasteiger partial charge in [0, 0.05) is 75.5 Å². The van der Waals surface area contributed by atoms with Crippen LogP contribution < -0.4 is 29.6 Å². The summed E-state index contributed by atoms with van der Waals surface area (Å²) >= 11 is 9.54. The summed E-state index contributed by atoms with van der Waals surface area (Å²) in [7, 11) is 2.97. The first-order valence-corrected chi connectivity index (χ1v) is 31.5. The number of halogens is 6. The Hall–Kier alpha value is 1.19. The van der Waals surface area contributed by atoms with Gasteiger partial charge in [0.1, 0.15) is 0 Å². The molecule has 0 saturated carbocycles. The number of nitrogens with two attached hydrogens (primary N) is 1. The molecule has 2 aliphatic carbocycles.